The number of benzene rings is 2. The zero-order valence-corrected chi connectivity index (χ0v) is 21.0. The molecule has 0 aliphatic carbocycles. The number of pyridine rings is 1. The van der Waals surface area contributed by atoms with Crippen LogP contribution >= 0.6 is 0 Å². The van der Waals surface area contributed by atoms with Crippen molar-refractivity contribution in [1.82, 2.24) is 14.8 Å². The van der Waals surface area contributed by atoms with Crippen molar-refractivity contribution >= 4 is 11.8 Å². The van der Waals surface area contributed by atoms with Crippen LogP contribution in [0, 0.1) is 17.5 Å². The smallest absolute Gasteiger partial charge is 0.274 e. The Hall–Kier alpha value is -4.12. The van der Waals surface area contributed by atoms with Gasteiger partial charge >= 0.3 is 0 Å². The maximum atomic E-state index is 14.1. The van der Waals surface area contributed by atoms with E-state index in [-0.39, 0.29) is 42.7 Å². The van der Waals surface area contributed by atoms with Crippen LogP contribution < -0.4 is 15.5 Å². The highest BCUT2D eigenvalue weighted by atomic mass is 19.1. The van der Waals surface area contributed by atoms with Crippen LogP contribution in [0.25, 0.3) is 0 Å². The van der Waals surface area contributed by atoms with Gasteiger partial charge in [0.15, 0.2) is 11.4 Å². The van der Waals surface area contributed by atoms with Crippen molar-refractivity contribution in [3.8, 4) is 5.75 Å². The molecule has 2 N–H and O–H groups in total. The molecule has 0 spiro atoms. The van der Waals surface area contributed by atoms with Crippen molar-refractivity contribution in [1.29, 1.82) is 0 Å². The minimum Gasteiger partial charge on any atom is -0.483 e. The van der Waals surface area contributed by atoms with E-state index in [1.807, 2.05) is 6.07 Å². The van der Waals surface area contributed by atoms with Crippen molar-refractivity contribution in [2.75, 3.05) is 13.1 Å². The third kappa shape index (κ3) is 5.26. The van der Waals surface area contributed by atoms with Gasteiger partial charge < -0.3 is 24.6 Å². The average molecular weight is 542 g/mol. The molecule has 39 heavy (non-hydrogen) atoms. The number of carbonyl (C=O) groups excluding carboxylic acids is 2. The number of nitrogens with zero attached hydrogens (tertiary/aromatic N) is 2. The summed E-state index contributed by atoms with van der Waals surface area (Å²) in [6.45, 7) is 1.27. The zero-order chi connectivity index (χ0) is 27.9. The molecule has 8 nitrogen and oxygen atoms in total. The summed E-state index contributed by atoms with van der Waals surface area (Å²) in [7, 11) is 0. The van der Waals surface area contributed by atoms with Crippen molar-refractivity contribution < 1.29 is 32.6 Å². The monoisotopic (exact) mass is 541 g/mol. The molecule has 1 aromatic heterocycles. The number of nitrogens with one attached hydrogen (secondary N) is 1. The van der Waals surface area contributed by atoms with Crippen LogP contribution in [0.5, 0.6) is 5.75 Å². The standard InChI is InChI=1S/C28H26F3N3O5/c1-28(38)8-7-18-12-33(15-28)27(37)23-25(39-14-16-5-3-2-4-6-16)24(35)20(13-34(18)23)26(36)32-11-19-21(30)9-17(29)10-22(19)31/h2-6,9-10,13,18,38H,7-8,11-12,14-15H2,1H3,(H,32,36)/t18-,28+/m0/s1. The Labute approximate surface area is 221 Å². The summed E-state index contributed by atoms with van der Waals surface area (Å²) in [5, 5.41) is 13.0. The van der Waals surface area contributed by atoms with Crippen LogP contribution in [0.3, 0.4) is 0 Å². The molecule has 3 aromatic rings. The van der Waals surface area contributed by atoms with E-state index in [0.717, 1.165) is 5.56 Å². The lowest BCUT2D eigenvalue weighted by atomic mass is 9.99. The first-order valence-corrected chi connectivity index (χ1v) is 12.4. The first kappa shape index (κ1) is 26.5. The molecule has 2 aliphatic rings. The Morgan fingerprint density at radius 1 is 1.15 bits per heavy atom. The molecule has 1 fully saturated rings. The topological polar surface area (TPSA) is 101 Å². The highest BCUT2D eigenvalue weighted by Gasteiger charge is 2.41. The van der Waals surface area contributed by atoms with Gasteiger partial charge in [0.2, 0.25) is 5.43 Å². The third-order valence-electron chi connectivity index (χ3n) is 7.06. The molecule has 11 heteroatoms. The van der Waals surface area contributed by atoms with Crippen molar-refractivity contribution in [2.45, 2.75) is 44.6 Å². The number of carbonyl (C=O) groups is 2. The number of halogens is 3. The number of aromatic nitrogens is 1. The lowest BCUT2D eigenvalue weighted by Crippen LogP contribution is -2.48. The van der Waals surface area contributed by atoms with Gasteiger partial charge in [-0.3, -0.25) is 14.4 Å². The van der Waals surface area contributed by atoms with Crippen LogP contribution in [-0.2, 0) is 13.2 Å². The molecule has 0 saturated carbocycles. The van der Waals surface area contributed by atoms with Gasteiger partial charge in [-0.05, 0) is 25.3 Å². The molecule has 2 bridgehead atoms. The number of amides is 2. The predicted octanol–water partition coefficient (Wildman–Crippen LogP) is 3.32. The molecular weight excluding hydrogens is 515 g/mol. The van der Waals surface area contributed by atoms with Gasteiger partial charge in [-0.15, -0.1) is 0 Å². The minimum absolute atomic E-state index is 0.0305. The summed E-state index contributed by atoms with van der Waals surface area (Å²) in [5.41, 5.74) is -2.27. The number of hydrogen-bond acceptors (Lipinski definition) is 5. The molecular formula is C28H26F3N3O5. The van der Waals surface area contributed by atoms with Gasteiger partial charge in [0.1, 0.15) is 29.6 Å². The molecule has 1 saturated heterocycles. The van der Waals surface area contributed by atoms with E-state index in [1.165, 1.54) is 15.7 Å². The first-order chi connectivity index (χ1) is 18.5. The van der Waals surface area contributed by atoms with Gasteiger partial charge in [0, 0.05) is 43.5 Å². The Bertz CT molecular complexity index is 1480. The fourth-order valence-corrected chi connectivity index (χ4v) is 5.04. The predicted molar refractivity (Wildman–Crippen MR) is 134 cm³/mol. The number of aliphatic hydroxyl groups is 1. The van der Waals surface area contributed by atoms with E-state index >= 15 is 0 Å². The molecule has 2 aromatic carbocycles. The Morgan fingerprint density at radius 2 is 1.85 bits per heavy atom. The van der Waals surface area contributed by atoms with E-state index in [9.17, 15) is 32.7 Å². The number of ether oxygens (including phenoxy) is 1. The summed E-state index contributed by atoms with van der Waals surface area (Å²) in [6.07, 6.45) is 2.08. The average Bonchev–Trinajstić information content (AvgIpc) is 3.02. The van der Waals surface area contributed by atoms with Crippen LogP contribution in [0.2, 0.25) is 0 Å². The largest absolute Gasteiger partial charge is 0.483 e. The molecule has 3 heterocycles. The molecule has 0 radical (unpaired) electrons. The molecule has 2 atom stereocenters. The van der Waals surface area contributed by atoms with Gasteiger partial charge in [0.05, 0.1) is 11.6 Å². The number of fused-ring (bicyclic) bond motifs is 4. The van der Waals surface area contributed by atoms with E-state index < -0.39 is 52.4 Å². The number of hydrogen-bond donors (Lipinski definition) is 2. The second kappa shape index (κ2) is 10.2. The van der Waals surface area contributed by atoms with Gasteiger partial charge in [-0.1, -0.05) is 30.3 Å². The van der Waals surface area contributed by atoms with Gasteiger partial charge in [-0.25, -0.2) is 13.2 Å². The third-order valence-corrected chi connectivity index (χ3v) is 7.06. The summed E-state index contributed by atoms with van der Waals surface area (Å²) in [6, 6.07) is 9.55. The zero-order valence-electron chi connectivity index (χ0n) is 21.0. The summed E-state index contributed by atoms with van der Waals surface area (Å²) in [5.74, 6) is -5.26. The lowest BCUT2D eigenvalue weighted by Gasteiger charge is -2.36. The highest BCUT2D eigenvalue weighted by molar-refractivity contribution is 5.99. The molecule has 5 rings (SSSR count). The maximum absolute atomic E-state index is 14.1. The van der Waals surface area contributed by atoms with Crippen molar-refractivity contribution in [3.63, 3.8) is 0 Å². The quantitative estimate of drug-likeness (QED) is 0.499. The maximum Gasteiger partial charge on any atom is 0.274 e. The van der Waals surface area contributed by atoms with Crippen molar-refractivity contribution in [2.24, 2.45) is 0 Å². The first-order valence-electron chi connectivity index (χ1n) is 12.4. The Kier molecular flexibility index (Phi) is 6.94. The lowest BCUT2D eigenvalue weighted by molar-refractivity contribution is 0.0202. The summed E-state index contributed by atoms with van der Waals surface area (Å²) >= 11 is 0. The van der Waals surface area contributed by atoms with E-state index in [0.29, 0.717) is 25.0 Å². The molecule has 0 unspecified atom stereocenters. The SMILES string of the molecule is C[C@@]1(O)CC[C@H]2CN(C1)C(=O)c1c(OCc3ccccc3)c(=O)c(C(=O)NCc3c(F)cc(F)cc3F)cn12. The fraction of sp³-hybridized carbons (Fsp3) is 0.321. The van der Waals surface area contributed by atoms with E-state index in [4.69, 9.17) is 4.74 Å². The Morgan fingerprint density at radius 3 is 2.54 bits per heavy atom. The van der Waals surface area contributed by atoms with Crippen LogP contribution in [-0.4, -0.2) is 45.1 Å². The van der Waals surface area contributed by atoms with Gasteiger partial charge in [-0.2, -0.15) is 0 Å². The highest BCUT2D eigenvalue weighted by Crippen LogP contribution is 2.35. The van der Waals surface area contributed by atoms with Crippen molar-refractivity contribution in [3.05, 3.63) is 98.7 Å². The fourth-order valence-electron chi connectivity index (χ4n) is 5.04. The van der Waals surface area contributed by atoms with Crippen LogP contribution in [0.4, 0.5) is 13.2 Å². The van der Waals surface area contributed by atoms with Gasteiger partial charge in [0.25, 0.3) is 11.8 Å². The summed E-state index contributed by atoms with van der Waals surface area (Å²) in [4.78, 5) is 41.7. The Balaban J connectivity index is 1.54. The van der Waals surface area contributed by atoms with E-state index in [2.05, 4.69) is 5.32 Å². The minimum atomic E-state index is -1.18. The summed E-state index contributed by atoms with van der Waals surface area (Å²) < 4.78 is 48.9. The second-order valence-electron chi connectivity index (χ2n) is 10.1. The van der Waals surface area contributed by atoms with Crippen LogP contribution in [0.1, 0.15) is 57.8 Å². The molecule has 204 valence electrons. The number of rotatable bonds is 6. The molecule has 2 amide bonds. The second-order valence-corrected chi connectivity index (χ2v) is 10.1. The van der Waals surface area contributed by atoms with Crippen LogP contribution in [0.15, 0.2) is 53.5 Å². The normalized spacial score (nSPS) is 20.3. The van der Waals surface area contributed by atoms with E-state index in [1.54, 1.807) is 31.2 Å². The molecule has 2 aliphatic heterocycles.